The number of methoxy groups -OCH3 is 1. The average molecular weight is 471 g/mol. The van der Waals surface area contributed by atoms with Gasteiger partial charge in [-0.2, -0.15) is 0 Å². The number of hydrogen-bond acceptors (Lipinski definition) is 10. The Balaban J connectivity index is 3.08. The van der Waals surface area contributed by atoms with Crippen LogP contribution in [-0.2, 0) is 28.5 Å². The highest BCUT2D eigenvalue weighted by atomic mass is 32.1. The predicted octanol–water partition coefficient (Wildman–Crippen LogP) is 2.03. The number of nitrogens with one attached hydrogen (secondary N) is 1. The molecule has 32 heavy (non-hydrogen) atoms. The second kappa shape index (κ2) is 14.3. The van der Waals surface area contributed by atoms with Crippen molar-refractivity contribution < 1.29 is 38.1 Å². The number of anilines is 1. The van der Waals surface area contributed by atoms with Crippen molar-refractivity contribution in [2.75, 3.05) is 58.5 Å². The van der Waals surface area contributed by atoms with Crippen molar-refractivity contribution >= 4 is 40.2 Å². The summed E-state index contributed by atoms with van der Waals surface area (Å²) in [5, 5.41) is 2.82. The van der Waals surface area contributed by atoms with Crippen molar-refractivity contribution in [2.45, 2.75) is 20.8 Å². The first-order valence-corrected chi connectivity index (χ1v) is 10.9. The molecule has 1 heterocycles. The minimum atomic E-state index is -0.665. The molecule has 0 aliphatic carbocycles. The third-order valence-electron chi connectivity index (χ3n) is 4.03. The SMILES string of the molecule is C=CCOC(=O)c1sc(NC(=O)CN(CCOC)CC(=O)OCC)c(C(=O)OCC)c1C. The number of carbonyl (C=O) groups is 4. The summed E-state index contributed by atoms with van der Waals surface area (Å²) in [5.41, 5.74) is 0.435. The van der Waals surface area contributed by atoms with Crippen LogP contribution in [0.1, 0.15) is 39.4 Å². The Kier molecular flexibility index (Phi) is 12.2. The predicted molar refractivity (Wildman–Crippen MR) is 119 cm³/mol. The number of ether oxygens (including phenoxy) is 4. The molecular weight excluding hydrogens is 440 g/mol. The highest BCUT2D eigenvalue weighted by Crippen LogP contribution is 2.34. The van der Waals surface area contributed by atoms with Gasteiger partial charge in [-0.25, -0.2) is 9.59 Å². The van der Waals surface area contributed by atoms with E-state index in [-0.39, 0.29) is 48.4 Å². The van der Waals surface area contributed by atoms with Gasteiger partial charge in [0.1, 0.15) is 16.5 Å². The Morgan fingerprint density at radius 1 is 1.06 bits per heavy atom. The van der Waals surface area contributed by atoms with Gasteiger partial charge in [-0.15, -0.1) is 11.3 Å². The lowest BCUT2D eigenvalue weighted by Gasteiger charge is -2.20. The van der Waals surface area contributed by atoms with E-state index in [0.29, 0.717) is 18.7 Å². The van der Waals surface area contributed by atoms with Gasteiger partial charge in [0.15, 0.2) is 0 Å². The smallest absolute Gasteiger partial charge is 0.348 e. The summed E-state index contributed by atoms with van der Waals surface area (Å²) in [5.74, 6) is -2.25. The number of esters is 3. The minimum absolute atomic E-state index is 0.00885. The van der Waals surface area contributed by atoms with Gasteiger partial charge in [-0.3, -0.25) is 14.5 Å². The van der Waals surface area contributed by atoms with Crippen LogP contribution in [0.25, 0.3) is 0 Å². The summed E-state index contributed by atoms with van der Waals surface area (Å²) >= 11 is 0.918. The van der Waals surface area contributed by atoms with E-state index in [9.17, 15) is 19.2 Å². The molecule has 0 saturated heterocycles. The van der Waals surface area contributed by atoms with Crippen molar-refractivity contribution in [3.8, 4) is 0 Å². The third kappa shape index (κ3) is 8.40. The van der Waals surface area contributed by atoms with Crippen molar-refractivity contribution in [1.82, 2.24) is 4.90 Å². The van der Waals surface area contributed by atoms with Crippen LogP contribution < -0.4 is 5.32 Å². The quantitative estimate of drug-likeness (QED) is 0.247. The lowest BCUT2D eigenvalue weighted by atomic mass is 10.1. The summed E-state index contributed by atoms with van der Waals surface area (Å²) in [7, 11) is 1.51. The topological polar surface area (TPSA) is 120 Å². The Hall–Kier alpha value is -2.76. The molecule has 0 aliphatic rings. The normalized spacial score (nSPS) is 10.5. The van der Waals surface area contributed by atoms with E-state index in [0.717, 1.165) is 11.3 Å². The highest BCUT2D eigenvalue weighted by molar-refractivity contribution is 7.18. The van der Waals surface area contributed by atoms with Gasteiger partial charge < -0.3 is 24.3 Å². The Morgan fingerprint density at radius 3 is 2.34 bits per heavy atom. The molecule has 0 aromatic carbocycles. The number of hydrogen-bond donors (Lipinski definition) is 1. The van der Waals surface area contributed by atoms with E-state index >= 15 is 0 Å². The highest BCUT2D eigenvalue weighted by Gasteiger charge is 2.28. The van der Waals surface area contributed by atoms with Gasteiger partial charge in [0.2, 0.25) is 5.91 Å². The standard InChI is InChI=1S/C21H30N2O8S/c1-6-10-31-21(27)18-14(4)17(20(26)30-8-3)19(32-18)22-15(24)12-23(9-11-28-5)13-16(25)29-7-2/h6H,1,7-13H2,2-5H3,(H,22,24). The van der Waals surface area contributed by atoms with E-state index in [2.05, 4.69) is 11.9 Å². The van der Waals surface area contributed by atoms with E-state index < -0.39 is 23.8 Å². The molecule has 0 bridgehead atoms. The molecule has 178 valence electrons. The molecule has 1 aromatic rings. The van der Waals surface area contributed by atoms with Crippen LogP contribution >= 0.6 is 11.3 Å². The summed E-state index contributed by atoms with van der Waals surface area (Å²) in [4.78, 5) is 51.1. The summed E-state index contributed by atoms with van der Waals surface area (Å²) in [6.07, 6.45) is 1.42. The molecule has 0 radical (unpaired) electrons. The number of rotatable bonds is 14. The Labute approximate surface area is 191 Å². The van der Waals surface area contributed by atoms with Gasteiger partial charge in [0.25, 0.3) is 0 Å². The molecule has 11 heteroatoms. The van der Waals surface area contributed by atoms with Crippen LogP contribution in [0.5, 0.6) is 0 Å². The first-order valence-electron chi connectivity index (χ1n) is 10.0. The Bertz CT molecular complexity index is 821. The van der Waals surface area contributed by atoms with Crippen LogP contribution in [0, 0.1) is 6.92 Å². The maximum Gasteiger partial charge on any atom is 0.348 e. The minimum Gasteiger partial charge on any atom is -0.465 e. The third-order valence-corrected chi connectivity index (χ3v) is 5.22. The zero-order valence-corrected chi connectivity index (χ0v) is 19.7. The average Bonchev–Trinajstić information content (AvgIpc) is 3.06. The molecule has 0 spiro atoms. The zero-order valence-electron chi connectivity index (χ0n) is 18.9. The molecule has 1 rings (SSSR count). The van der Waals surface area contributed by atoms with Crippen molar-refractivity contribution in [1.29, 1.82) is 0 Å². The molecule has 0 saturated carbocycles. The molecule has 0 aliphatic heterocycles. The lowest BCUT2D eigenvalue weighted by Crippen LogP contribution is -2.39. The maximum absolute atomic E-state index is 12.7. The van der Waals surface area contributed by atoms with E-state index in [1.807, 2.05) is 0 Å². The van der Waals surface area contributed by atoms with Gasteiger partial charge >= 0.3 is 17.9 Å². The van der Waals surface area contributed by atoms with Gasteiger partial charge in [-0.1, -0.05) is 12.7 Å². The van der Waals surface area contributed by atoms with Crippen molar-refractivity contribution in [2.24, 2.45) is 0 Å². The van der Waals surface area contributed by atoms with Gasteiger partial charge in [0.05, 0.1) is 38.5 Å². The Morgan fingerprint density at radius 2 is 1.75 bits per heavy atom. The number of amides is 1. The largest absolute Gasteiger partial charge is 0.465 e. The second-order valence-electron chi connectivity index (χ2n) is 6.42. The summed E-state index contributed by atoms with van der Waals surface area (Å²) < 4.78 is 20.1. The van der Waals surface area contributed by atoms with Crippen molar-refractivity contribution in [3.05, 3.63) is 28.7 Å². The van der Waals surface area contributed by atoms with Crippen LogP contribution in [0.3, 0.4) is 0 Å². The fraction of sp³-hybridized carbons (Fsp3) is 0.524. The fourth-order valence-corrected chi connectivity index (χ4v) is 3.74. The first-order chi connectivity index (χ1) is 15.3. The molecule has 0 atom stereocenters. The van der Waals surface area contributed by atoms with Crippen LogP contribution in [0.15, 0.2) is 12.7 Å². The van der Waals surface area contributed by atoms with E-state index in [1.165, 1.54) is 13.2 Å². The molecule has 0 unspecified atom stereocenters. The maximum atomic E-state index is 12.7. The second-order valence-corrected chi connectivity index (χ2v) is 7.45. The number of nitrogens with zero attached hydrogens (tertiary/aromatic N) is 1. The van der Waals surface area contributed by atoms with Gasteiger partial charge in [0, 0.05) is 13.7 Å². The molecule has 1 N–H and O–H groups in total. The molecule has 1 amide bonds. The van der Waals surface area contributed by atoms with Gasteiger partial charge in [-0.05, 0) is 26.3 Å². The van der Waals surface area contributed by atoms with Crippen molar-refractivity contribution in [3.63, 3.8) is 0 Å². The van der Waals surface area contributed by atoms with E-state index in [1.54, 1.807) is 25.7 Å². The first kappa shape index (κ1) is 27.3. The lowest BCUT2D eigenvalue weighted by molar-refractivity contribution is -0.144. The number of carbonyl (C=O) groups excluding carboxylic acids is 4. The van der Waals surface area contributed by atoms with E-state index in [4.69, 9.17) is 18.9 Å². The number of thiophene rings is 1. The fourth-order valence-electron chi connectivity index (χ4n) is 2.64. The summed E-state index contributed by atoms with van der Waals surface area (Å²) in [6, 6.07) is 0. The molecule has 1 aromatic heterocycles. The molecular formula is C21H30N2O8S. The van der Waals surface area contributed by atoms with Crippen LogP contribution in [0.2, 0.25) is 0 Å². The molecule has 0 fully saturated rings. The monoisotopic (exact) mass is 470 g/mol. The van der Waals surface area contributed by atoms with Crippen LogP contribution in [-0.4, -0.2) is 81.9 Å². The molecule has 10 nitrogen and oxygen atoms in total. The van der Waals surface area contributed by atoms with Crippen LogP contribution in [0.4, 0.5) is 5.00 Å². The zero-order chi connectivity index (χ0) is 24.1. The summed E-state index contributed by atoms with van der Waals surface area (Å²) in [6.45, 7) is 9.14.